The lowest BCUT2D eigenvalue weighted by molar-refractivity contribution is 0.647. The first kappa shape index (κ1) is 12.8. The highest BCUT2D eigenvalue weighted by Gasteiger charge is 2.17. The van der Waals surface area contributed by atoms with Gasteiger partial charge in [0.05, 0.1) is 22.6 Å². The molecule has 0 bridgehead atoms. The van der Waals surface area contributed by atoms with Crippen LogP contribution in [0.2, 0.25) is 5.02 Å². The van der Waals surface area contributed by atoms with Crippen molar-refractivity contribution in [1.29, 1.82) is 0 Å². The smallest absolute Gasteiger partial charge is 0.137 e. The number of hydrogen-bond acceptors (Lipinski definition) is 3. The number of rotatable bonds is 2. The molecule has 1 aliphatic rings. The van der Waals surface area contributed by atoms with Crippen molar-refractivity contribution in [2.45, 2.75) is 18.9 Å². The number of halogens is 1. The van der Waals surface area contributed by atoms with Crippen molar-refractivity contribution in [2.24, 2.45) is 0 Å². The van der Waals surface area contributed by atoms with E-state index < -0.39 is 0 Å². The number of nitrogens with zero attached hydrogens (tertiary/aromatic N) is 3. The maximum absolute atomic E-state index is 6.09. The van der Waals surface area contributed by atoms with Crippen molar-refractivity contribution in [1.82, 2.24) is 19.7 Å². The molecule has 1 atom stereocenters. The van der Waals surface area contributed by atoms with Gasteiger partial charge in [-0.15, -0.1) is 0 Å². The van der Waals surface area contributed by atoms with Crippen LogP contribution in [0.4, 0.5) is 0 Å². The summed E-state index contributed by atoms with van der Waals surface area (Å²) in [5, 5.41) is 4.21. The number of imidazole rings is 1. The maximum atomic E-state index is 6.09. The summed E-state index contributed by atoms with van der Waals surface area (Å²) >= 11 is 6.09. The van der Waals surface area contributed by atoms with Crippen molar-refractivity contribution in [3.63, 3.8) is 0 Å². The predicted molar refractivity (Wildman–Crippen MR) is 83.4 cm³/mol. The first-order chi connectivity index (χ1) is 10.3. The van der Waals surface area contributed by atoms with Crippen LogP contribution >= 0.6 is 11.6 Å². The van der Waals surface area contributed by atoms with Gasteiger partial charge in [0.15, 0.2) is 0 Å². The average Bonchev–Trinajstić information content (AvgIpc) is 3.16. The Bertz CT molecular complexity index is 790. The molecule has 5 heteroatoms. The second-order valence-corrected chi connectivity index (χ2v) is 5.78. The Morgan fingerprint density at radius 3 is 3.05 bits per heavy atom. The highest BCUT2D eigenvalue weighted by Crippen LogP contribution is 2.27. The summed E-state index contributed by atoms with van der Waals surface area (Å²) < 4.78 is 1.98. The summed E-state index contributed by atoms with van der Waals surface area (Å²) in [6, 6.07) is 8.43. The number of fused-ring (bicyclic) bond motifs is 1. The van der Waals surface area contributed by atoms with E-state index in [2.05, 4.69) is 27.4 Å². The Kier molecular flexibility index (Phi) is 3.13. The van der Waals surface area contributed by atoms with E-state index in [0.717, 1.165) is 23.6 Å². The lowest BCUT2D eigenvalue weighted by Crippen LogP contribution is -2.12. The van der Waals surface area contributed by atoms with Gasteiger partial charge >= 0.3 is 0 Å². The van der Waals surface area contributed by atoms with Crippen LogP contribution in [-0.4, -0.2) is 20.9 Å². The molecule has 0 amide bonds. The highest BCUT2D eigenvalue weighted by atomic mass is 35.5. The van der Waals surface area contributed by atoms with E-state index in [9.17, 15) is 0 Å². The summed E-state index contributed by atoms with van der Waals surface area (Å²) in [7, 11) is 0. The van der Waals surface area contributed by atoms with Gasteiger partial charge in [-0.2, -0.15) is 0 Å². The zero-order chi connectivity index (χ0) is 14.2. The standard InChI is InChI=1S/C16H15ClN4/c17-12-3-4-16-20-9-15(21(16)10-12)14-8-11(5-7-19-14)13-2-1-6-18-13/h3-5,7-10,13,18H,1-2,6H2. The van der Waals surface area contributed by atoms with Crippen molar-refractivity contribution in [2.75, 3.05) is 6.54 Å². The van der Waals surface area contributed by atoms with Gasteiger partial charge in [0.2, 0.25) is 0 Å². The number of pyridine rings is 2. The molecule has 0 saturated carbocycles. The molecule has 4 heterocycles. The van der Waals surface area contributed by atoms with Crippen molar-refractivity contribution in [3.8, 4) is 11.4 Å². The fourth-order valence-corrected chi connectivity index (χ4v) is 3.08. The summed E-state index contributed by atoms with van der Waals surface area (Å²) in [5.41, 5.74) is 4.05. The maximum Gasteiger partial charge on any atom is 0.137 e. The van der Waals surface area contributed by atoms with Gasteiger partial charge in [-0.25, -0.2) is 4.98 Å². The number of hydrogen-bond donors (Lipinski definition) is 1. The summed E-state index contributed by atoms with van der Waals surface area (Å²) in [6.45, 7) is 1.09. The van der Waals surface area contributed by atoms with Crippen LogP contribution < -0.4 is 5.32 Å². The molecule has 1 saturated heterocycles. The third-order valence-electron chi connectivity index (χ3n) is 3.98. The highest BCUT2D eigenvalue weighted by molar-refractivity contribution is 6.30. The van der Waals surface area contributed by atoms with Crippen LogP contribution in [0.1, 0.15) is 24.4 Å². The van der Waals surface area contributed by atoms with Crippen molar-refractivity contribution < 1.29 is 0 Å². The minimum absolute atomic E-state index is 0.439. The minimum atomic E-state index is 0.439. The van der Waals surface area contributed by atoms with E-state index >= 15 is 0 Å². The van der Waals surface area contributed by atoms with E-state index in [0.29, 0.717) is 11.1 Å². The Morgan fingerprint density at radius 2 is 2.19 bits per heavy atom. The molecule has 21 heavy (non-hydrogen) atoms. The molecule has 0 radical (unpaired) electrons. The van der Waals surface area contributed by atoms with Gasteiger partial charge in [0.25, 0.3) is 0 Å². The van der Waals surface area contributed by atoms with Crippen LogP contribution in [0.5, 0.6) is 0 Å². The Morgan fingerprint density at radius 1 is 1.24 bits per heavy atom. The van der Waals surface area contributed by atoms with Crippen LogP contribution in [0.25, 0.3) is 17.0 Å². The van der Waals surface area contributed by atoms with Crippen molar-refractivity contribution >= 4 is 17.2 Å². The Labute approximate surface area is 127 Å². The number of aromatic nitrogens is 3. The fraction of sp³-hybridized carbons (Fsp3) is 0.250. The van der Waals surface area contributed by atoms with Gasteiger partial charge in [-0.1, -0.05) is 11.6 Å². The molecule has 0 aromatic carbocycles. The van der Waals surface area contributed by atoms with Gasteiger partial charge in [-0.05, 0) is 49.2 Å². The predicted octanol–water partition coefficient (Wildman–Crippen LogP) is 3.47. The third-order valence-corrected chi connectivity index (χ3v) is 4.20. The topological polar surface area (TPSA) is 42.2 Å². The molecule has 106 valence electrons. The van der Waals surface area contributed by atoms with E-state index in [1.807, 2.05) is 35.1 Å². The average molecular weight is 299 g/mol. The van der Waals surface area contributed by atoms with E-state index in [-0.39, 0.29) is 0 Å². The Balaban J connectivity index is 1.81. The summed E-state index contributed by atoms with van der Waals surface area (Å²) in [5.74, 6) is 0. The third kappa shape index (κ3) is 2.30. The van der Waals surface area contributed by atoms with Gasteiger partial charge in [0.1, 0.15) is 5.65 Å². The Hall–Kier alpha value is -1.91. The molecule has 1 N–H and O–H groups in total. The minimum Gasteiger partial charge on any atom is -0.310 e. The lowest BCUT2D eigenvalue weighted by atomic mass is 10.1. The summed E-state index contributed by atoms with van der Waals surface area (Å²) in [4.78, 5) is 8.91. The zero-order valence-corrected chi connectivity index (χ0v) is 12.2. The van der Waals surface area contributed by atoms with Crippen LogP contribution in [0, 0.1) is 0 Å². The quantitative estimate of drug-likeness (QED) is 0.787. The normalized spacial score (nSPS) is 18.4. The van der Waals surface area contributed by atoms with E-state index in [1.165, 1.54) is 18.4 Å². The monoisotopic (exact) mass is 298 g/mol. The van der Waals surface area contributed by atoms with Gasteiger partial charge in [0, 0.05) is 18.4 Å². The molecular weight excluding hydrogens is 284 g/mol. The second kappa shape index (κ2) is 5.13. The molecule has 4 rings (SSSR count). The second-order valence-electron chi connectivity index (χ2n) is 5.34. The largest absolute Gasteiger partial charge is 0.310 e. The number of nitrogens with one attached hydrogen (secondary N) is 1. The van der Waals surface area contributed by atoms with Crippen LogP contribution in [0.15, 0.2) is 42.9 Å². The van der Waals surface area contributed by atoms with Crippen LogP contribution in [-0.2, 0) is 0 Å². The lowest BCUT2D eigenvalue weighted by Gasteiger charge is -2.11. The van der Waals surface area contributed by atoms with E-state index in [4.69, 9.17) is 11.6 Å². The van der Waals surface area contributed by atoms with Gasteiger partial charge < -0.3 is 5.32 Å². The molecular formula is C16H15ClN4. The SMILES string of the molecule is Clc1ccc2ncc(-c3cc(C4CCCN4)ccn3)n2c1. The molecule has 0 aliphatic carbocycles. The van der Waals surface area contributed by atoms with E-state index in [1.54, 1.807) is 0 Å². The van der Waals surface area contributed by atoms with Crippen LogP contribution in [0.3, 0.4) is 0 Å². The molecule has 3 aromatic heterocycles. The first-order valence-electron chi connectivity index (χ1n) is 7.13. The van der Waals surface area contributed by atoms with Gasteiger partial charge in [-0.3, -0.25) is 9.38 Å². The first-order valence-corrected chi connectivity index (χ1v) is 7.51. The summed E-state index contributed by atoms with van der Waals surface area (Å²) in [6.07, 6.45) is 8.01. The molecule has 4 nitrogen and oxygen atoms in total. The zero-order valence-electron chi connectivity index (χ0n) is 11.5. The molecule has 1 fully saturated rings. The fourth-order valence-electron chi connectivity index (χ4n) is 2.92. The molecule has 0 spiro atoms. The molecule has 1 aliphatic heterocycles. The molecule has 1 unspecified atom stereocenters. The molecule has 3 aromatic rings. The van der Waals surface area contributed by atoms with Crippen molar-refractivity contribution in [3.05, 3.63) is 53.4 Å².